The first-order chi connectivity index (χ1) is 9.43. The van der Waals surface area contributed by atoms with Gasteiger partial charge in [0.15, 0.2) is 0 Å². The lowest BCUT2D eigenvalue weighted by atomic mass is 10.0. The number of hydrogen-bond acceptors (Lipinski definition) is 4. The number of ether oxygens (including phenoxy) is 1. The molecule has 0 aromatic heterocycles. The van der Waals surface area contributed by atoms with Gasteiger partial charge in [-0.25, -0.2) is 8.42 Å². The lowest BCUT2D eigenvalue weighted by Crippen LogP contribution is -2.58. The number of anilines is 1. The van der Waals surface area contributed by atoms with Gasteiger partial charge < -0.3 is 10.5 Å². The molecule has 118 valence electrons. The first kappa shape index (κ1) is 16.3. The molecule has 0 unspecified atom stereocenters. The lowest BCUT2D eigenvalue weighted by Gasteiger charge is -2.46. The quantitative estimate of drug-likeness (QED) is 0.849. The van der Waals surface area contributed by atoms with Crippen molar-refractivity contribution in [1.29, 1.82) is 0 Å². The maximum Gasteiger partial charge on any atom is 0.243 e. The Morgan fingerprint density at radius 1 is 1.14 bits per heavy atom. The summed E-state index contributed by atoms with van der Waals surface area (Å²) in [6.45, 7) is 10.1. The molecule has 5 nitrogen and oxygen atoms in total. The van der Waals surface area contributed by atoms with Gasteiger partial charge in [0, 0.05) is 18.8 Å². The highest BCUT2D eigenvalue weighted by atomic mass is 32.2. The van der Waals surface area contributed by atoms with Crippen molar-refractivity contribution in [3.63, 3.8) is 0 Å². The first-order valence-corrected chi connectivity index (χ1v) is 8.43. The van der Waals surface area contributed by atoms with Gasteiger partial charge in [0.05, 0.1) is 16.1 Å². The molecular formula is C15H24N2O3S. The fourth-order valence-corrected chi connectivity index (χ4v) is 4.92. The van der Waals surface area contributed by atoms with Crippen molar-refractivity contribution in [3.05, 3.63) is 23.8 Å². The molecule has 21 heavy (non-hydrogen) atoms. The second kappa shape index (κ2) is 4.97. The van der Waals surface area contributed by atoms with Crippen LogP contribution >= 0.6 is 0 Å². The average Bonchev–Trinajstić information content (AvgIpc) is 2.28. The molecule has 0 spiro atoms. The van der Waals surface area contributed by atoms with Gasteiger partial charge in [0.1, 0.15) is 0 Å². The van der Waals surface area contributed by atoms with E-state index in [-0.39, 0.29) is 4.90 Å². The molecule has 0 aliphatic carbocycles. The summed E-state index contributed by atoms with van der Waals surface area (Å²) >= 11 is 0. The van der Waals surface area contributed by atoms with Crippen molar-refractivity contribution in [2.45, 2.75) is 50.7 Å². The Morgan fingerprint density at radius 3 is 2.19 bits per heavy atom. The van der Waals surface area contributed by atoms with E-state index in [1.165, 1.54) is 10.4 Å². The summed E-state index contributed by atoms with van der Waals surface area (Å²) in [5.74, 6) is 0. The van der Waals surface area contributed by atoms with E-state index in [2.05, 4.69) is 0 Å². The maximum atomic E-state index is 13.0. The van der Waals surface area contributed by atoms with Crippen LogP contribution in [-0.4, -0.2) is 37.0 Å². The third-order valence-electron chi connectivity index (χ3n) is 3.50. The number of benzene rings is 1. The fourth-order valence-electron chi connectivity index (χ4n) is 2.92. The van der Waals surface area contributed by atoms with E-state index >= 15 is 0 Å². The number of aryl methyl sites for hydroxylation is 1. The van der Waals surface area contributed by atoms with Crippen molar-refractivity contribution in [1.82, 2.24) is 4.31 Å². The summed E-state index contributed by atoms with van der Waals surface area (Å²) in [6.07, 6.45) is 0. The number of sulfonamides is 1. The van der Waals surface area contributed by atoms with Crippen LogP contribution < -0.4 is 5.73 Å². The molecule has 2 rings (SSSR count). The molecule has 0 amide bonds. The SMILES string of the molecule is Cc1ccc(N)cc1S(=O)(=O)N1CC(C)(C)OC(C)(C)C1. The van der Waals surface area contributed by atoms with Crippen LogP contribution in [0.15, 0.2) is 23.1 Å². The normalized spacial score (nSPS) is 22.1. The van der Waals surface area contributed by atoms with Crippen LogP contribution in [0.5, 0.6) is 0 Å². The molecule has 1 saturated heterocycles. The van der Waals surface area contributed by atoms with E-state index in [4.69, 9.17) is 10.5 Å². The molecule has 0 atom stereocenters. The predicted octanol–water partition coefficient (Wildman–Crippen LogP) is 2.16. The van der Waals surface area contributed by atoms with Gasteiger partial charge in [-0.05, 0) is 52.3 Å². The highest BCUT2D eigenvalue weighted by molar-refractivity contribution is 7.89. The Hall–Kier alpha value is -1.11. The highest BCUT2D eigenvalue weighted by Gasteiger charge is 2.43. The van der Waals surface area contributed by atoms with Crippen molar-refractivity contribution < 1.29 is 13.2 Å². The number of nitrogens with zero attached hydrogens (tertiary/aromatic N) is 1. The van der Waals surface area contributed by atoms with Crippen molar-refractivity contribution in [2.24, 2.45) is 0 Å². The third-order valence-corrected chi connectivity index (χ3v) is 5.43. The lowest BCUT2D eigenvalue weighted by molar-refractivity contribution is -0.163. The minimum atomic E-state index is -3.58. The molecule has 2 N–H and O–H groups in total. The predicted molar refractivity (Wildman–Crippen MR) is 83.6 cm³/mol. The molecule has 0 bridgehead atoms. The van der Waals surface area contributed by atoms with E-state index < -0.39 is 21.2 Å². The number of rotatable bonds is 2. The topological polar surface area (TPSA) is 72.6 Å². The smallest absolute Gasteiger partial charge is 0.243 e. The van der Waals surface area contributed by atoms with Crippen molar-refractivity contribution >= 4 is 15.7 Å². The zero-order valence-electron chi connectivity index (χ0n) is 13.3. The Morgan fingerprint density at radius 2 is 1.67 bits per heavy atom. The van der Waals surface area contributed by atoms with Gasteiger partial charge >= 0.3 is 0 Å². The largest absolute Gasteiger partial charge is 0.399 e. The summed E-state index contributed by atoms with van der Waals surface area (Å²) in [5, 5.41) is 0. The second-order valence-electron chi connectivity index (χ2n) is 6.92. The van der Waals surface area contributed by atoms with Crippen LogP contribution in [0.1, 0.15) is 33.3 Å². The molecule has 1 fully saturated rings. The summed E-state index contributed by atoms with van der Waals surface area (Å²) < 4.78 is 33.3. The minimum absolute atomic E-state index is 0.274. The second-order valence-corrected chi connectivity index (χ2v) is 8.83. The third kappa shape index (κ3) is 3.39. The van der Waals surface area contributed by atoms with Crippen LogP contribution in [0.25, 0.3) is 0 Å². The minimum Gasteiger partial charge on any atom is -0.399 e. The van der Waals surface area contributed by atoms with Crippen LogP contribution in [0.4, 0.5) is 5.69 Å². The molecule has 6 heteroatoms. The zero-order valence-corrected chi connectivity index (χ0v) is 14.1. The van der Waals surface area contributed by atoms with Gasteiger partial charge in [0.25, 0.3) is 0 Å². The van der Waals surface area contributed by atoms with E-state index in [1.54, 1.807) is 19.1 Å². The summed E-state index contributed by atoms with van der Waals surface area (Å²) in [7, 11) is -3.58. The van der Waals surface area contributed by atoms with Gasteiger partial charge in [0.2, 0.25) is 10.0 Å². The number of hydrogen-bond donors (Lipinski definition) is 1. The average molecular weight is 312 g/mol. The van der Waals surface area contributed by atoms with Crippen molar-refractivity contribution in [3.8, 4) is 0 Å². The molecule has 0 radical (unpaired) electrons. The van der Waals surface area contributed by atoms with Crippen molar-refractivity contribution in [2.75, 3.05) is 18.8 Å². The van der Waals surface area contributed by atoms with Gasteiger partial charge in [-0.15, -0.1) is 0 Å². The zero-order chi connectivity index (χ0) is 16.1. The highest BCUT2D eigenvalue weighted by Crippen LogP contribution is 2.32. The Labute approximate surface area is 127 Å². The van der Waals surface area contributed by atoms with E-state index in [0.29, 0.717) is 24.3 Å². The molecule has 1 aliphatic heterocycles. The molecular weight excluding hydrogens is 288 g/mol. The van der Waals surface area contributed by atoms with E-state index in [9.17, 15) is 8.42 Å². The van der Waals surface area contributed by atoms with Gasteiger partial charge in [-0.1, -0.05) is 6.07 Å². The molecule has 1 aromatic rings. The van der Waals surface area contributed by atoms with E-state index in [0.717, 1.165) is 0 Å². The Bertz CT molecular complexity index is 635. The standard InChI is InChI=1S/C15H24N2O3S/c1-11-6-7-12(16)8-13(11)21(18,19)17-9-14(2,3)20-15(4,5)10-17/h6-8H,9-10,16H2,1-5H3. The number of nitrogen functional groups attached to an aromatic ring is 1. The summed E-state index contributed by atoms with van der Waals surface area (Å²) in [4.78, 5) is 0.274. The van der Waals surface area contributed by atoms with Crippen LogP contribution in [0.3, 0.4) is 0 Å². The molecule has 1 aliphatic rings. The van der Waals surface area contributed by atoms with Crippen LogP contribution in [0.2, 0.25) is 0 Å². The molecule has 1 heterocycles. The van der Waals surface area contributed by atoms with E-state index in [1.807, 2.05) is 27.7 Å². The Balaban J connectivity index is 2.46. The summed E-state index contributed by atoms with van der Waals surface area (Å²) in [6, 6.07) is 4.97. The molecule has 1 aromatic carbocycles. The van der Waals surface area contributed by atoms with Gasteiger partial charge in [-0.3, -0.25) is 0 Å². The number of morpholine rings is 1. The van der Waals surface area contributed by atoms with Crippen LogP contribution in [0, 0.1) is 6.92 Å². The Kier molecular flexibility index (Phi) is 3.85. The maximum absolute atomic E-state index is 13.0. The molecule has 0 saturated carbocycles. The number of nitrogens with two attached hydrogens (primary N) is 1. The first-order valence-electron chi connectivity index (χ1n) is 6.99. The van der Waals surface area contributed by atoms with Gasteiger partial charge in [-0.2, -0.15) is 4.31 Å². The van der Waals surface area contributed by atoms with Crippen LogP contribution in [-0.2, 0) is 14.8 Å². The monoisotopic (exact) mass is 312 g/mol. The fraction of sp³-hybridized carbons (Fsp3) is 0.600. The summed E-state index contributed by atoms with van der Waals surface area (Å²) in [5.41, 5.74) is 5.85.